The van der Waals surface area contributed by atoms with Crippen molar-refractivity contribution in [3.8, 4) is 0 Å². The first-order valence-corrected chi connectivity index (χ1v) is 6.30. The standard InChI is InChI=1S/C14H24O2/c1-11(15)6-8-13-4-3-5-14(10-13)9-7-12(2)16/h4-5,11-12,15-16H,3,6-10H2,1-2H3. The molecule has 0 aromatic carbocycles. The summed E-state index contributed by atoms with van der Waals surface area (Å²) < 4.78 is 0. The van der Waals surface area contributed by atoms with Gasteiger partial charge in [-0.3, -0.25) is 0 Å². The number of allylic oxidation sites excluding steroid dienone is 4. The van der Waals surface area contributed by atoms with E-state index in [0.717, 1.165) is 38.5 Å². The quantitative estimate of drug-likeness (QED) is 0.681. The van der Waals surface area contributed by atoms with E-state index < -0.39 is 0 Å². The number of aliphatic hydroxyl groups is 2. The van der Waals surface area contributed by atoms with Crippen LogP contribution in [0.25, 0.3) is 0 Å². The van der Waals surface area contributed by atoms with Gasteiger partial charge >= 0.3 is 0 Å². The Morgan fingerprint density at radius 2 is 1.44 bits per heavy atom. The molecule has 1 aliphatic rings. The molecule has 0 fully saturated rings. The van der Waals surface area contributed by atoms with Crippen molar-refractivity contribution in [2.45, 2.75) is 64.6 Å². The molecule has 1 aliphatic carbocycles. The monoisotopic (exact) mass is 224 g/mol. The fourth-order valence-electron chi connectivity index (χ4n) is 2.00. The first-order valence-electron chi connectivity index (χ1n) is 6.30. The lowest BCUT2D eigenvalue weighted by Gasteiger charge is -2.16. The lowest BCUT2D eigenvalue weighted by molar-refractivity contribution is 0.183. The van der Waals surface area contributed by atoms with Gasteiger partial charge in [0.15, 0.2) is 0 Å². The van der Waals surface area contributed by atoms with E-state index in [2.05, 4.69) is 12.2 Å². The largest absolute Gasteiger partial charge is 0.393 e. The average Bonchev–Trinajstić information content (AvgIpc) is 2.24. The van der Waals surface area contributed by atoms with Crippen molar-refractivity contribution in [2.75, 3.05) is 0 Å². The number of aliphatic hydroxyl groups excluding tert-OH is 2. The van der Waals surface area contributed by atoms with Gasteiger partial charge in [0.1, 0.15) is 0 Å². The zero-order valence-electron chi connectivity index (χ0n) is 10.4. The van der Waals surface area contributed by atoms with Crippen molar-refractivity contribution in [2.24, 2.45) is 0 Å². The third-order valence-corrected chi connectivity index (χ3v) is 3.03. The highest BCUT2D eigenvalue weighted by molar-refractivity contribution is 5.22. The summed E-state index contributed by atoms with van der Waals surface area (Å²) in [6, 6.07) is 0. The Morgan fingerprint density at radius 1 is 1.00 bits per heavy atom. The topological polar surface area (TPSA) is 40.5 Å². The van der Waals surface area contributed by atoms with Crippen LogP contribution in [0.1, 0.15) is 52.4 Å². The summed E-state index contributed by atoms with van der Waals surface area (Å²) in [6.07, 6.45) is 9.92. The van der Waals surface area contributed by atoms with Gasteiger partial charge in [0.25, 0.3) is 0 Å². The van der Waals surface area contributed by atoms with E-state index in [1.54, 1.807) is 0 Å². The van der Waals surface area contributed by atoms with Gasteiger partial charge in [0.2, 0.25) is 0 Å². The molecule has 0 spiro atoms. The Labute approximate surface area is 98.7 Å². The van der Waals surface area contributed by atoms with Crippen LogP contribution in [0.3, 0.4) is 0 Å². The molecule has 2 heteroatoms. The summed E-state index contributed by atoms with van der Waals surface area (Å²) in [7, 11) is 0. The van der Waals surface area contributed by atoms with Crippen molar-refractivity contribution >= 4 is 0 Å². The second-order valence-electron chi connectivity index (χ2n) is 4.91. The molecule has 92 valence electrons. The Bertz CT molecular complexity index is 236. The zero-order chi connectivity index (χ0) is 12.0. The van der Waals surface area contributed by atoms with Crippen LogP contribution in [0.4, 0.5) is 0 Å². The van der Waals surface area contributed by atoms with Gasteiger partial charge in [-0.2, -0.15) is 0 Å². The summed E-state index contributed by atoms with van der Waals surface area (Å²) in [5.41, 5.74) is 2.90. The molecule has 2 unspecified atom stereocenters. The van der Waals surface area contributed by atoms with Gasteiger partial charge in [-0.05, 0) is 52.4 Å². The maximum atomic E-state index is 9.25. The van der Waals surface area contributed by atoms with Crippen molar-refractivity contribution in [3.63, 3.8) is 0 Å². The number of rotatable bonds is 6. The van der Waals surface area contributed by atoms with Crippen LogP contribution in [-0.4, -0.2) is 22.4 Å². The minimum absolute atomic E-state index is 0.201. The van der Waals surface area contributed by atoms with E-state index in [9.17, 15) is 10.2 Å². The molecule has 1 rings (SSSR count). The summed E-state index contributed by atoms with van der Waals surface area (Å²) in [5, 5.41) is 18.5. The lowest BCUT2D eigenvalue weighted by atomic mass is 9.91. The molecule has 0 aromatic rings. The predicted octanol–water partition coefficient (Wildman–Crippen LogP) is 2.96. The van der Waals surface area contributed by atoms with Crippen molar-refractivity contribution in [1.82, 2.24) is 0 Å². The van der Waals surface area contributed by atoms with E-state index in [1.807, 2.05) is 13.8 Å². The maximum absolute atomic E-state index is 9.25. The Morgan fingerprint density at radius 3 is 1.81 bits per heavy atom. The normalized spacial score (nSPS) is 20.0. The summed E-state index contributed by atoms with van der Waals surface area (Å²) >= 11 is 0. The zero-order valence-corrected chi connectivity index (χ0v) is 10.4. The molecule has 2 nitrogen and oxygen atoms in total. The van der Waals surface area contributed by atoms with E-state index in [4.69, 9.17) is 0 Å². The molecule has 2 N–H and O–H groups in total. The van der Waals surface area contributed by atoms with E-state index in [-0.39, 0.29) is 12.2 Å². The van der Waals surface area contributed by atoms with Gasteiger partial charge in [0, 0.05) is 0 Å². The van der Waals surface area contributed by atoms with Gasteiger partial charge < -0.3 is 10.2 Å². The summed E-state index contributed by atoms with van der Waals surface area (Å²) in [4.78, 5) is 0. The molecule has 0 heterocycles. The molecule has 0 saturated carbocycles. The second kappa shape index (κ2) is 6.87. The van der Waals surface area contributed by atoms with Gasteiger partial charge in [0.05, 0.1) is 12.2 Å². The fraction of sp³-hybridized carbons (Fsp3) is 0.714. The Kier molecular flexibility index (Phi) is 5.78. The van der Waals surface area contributed by atoms with Crippen LogP contribution >= 0.6 is 0 Å². The van der Waals surface area contributed by atoms with Crippen LogP contribution in [0.15, 0.2) is 23.3 Å². The van der Waals surface area contributed by atoms with E-state index in [1.165, 1.54) is 11.1 Å². The highest BCUT2D eigenvalue weighted by Crippen LogP contribution is 2.26. The number of hydrogen-bond acceptors (Lipinski definition) is 2. The molecule has 0 saturated heterocycles. The first kappa shape index (κ1) is 13.5. The van der Waals surface area contributed by atoms with Crippen LogP contribution in [0, 0.1) is 0 Å². The average molecular weight is 224 g/mol. The van der Waals surface area contributed by atoms with Crippen LogP contribution in [0.2, 0.25) is 0 Å². The lowest BCUT2D eigenvalue weighted by Crippen LogP contribution is -2.04. The second-order valence-corrected chi connectivity index (χ2v) is 4.91. The van der Waals surface area contributed by atoms with Crippen molar-refractivity contribution < 1.29 is 10.2 Å². The molecular weight excluding hydrogens is 200 g/mol. The van der Waals surface area contributed by atoms with Crippen molar-refractivity contribution in [3.05, 3.63) is 23.3 Å². The van der Waals surface area contributed by atoms with Crippen LogP contribution in [-0.2, 0) is 0 Å². The number of hydrogen-bond donors (Lipinski definition) is 2. The van der Waals surface area contributed by atoms with E-state index in [0.29, 0.717) is 0 Å². The minimum atomic E-state index is -0.201. The van der Waals surface area contributed by atoms with Gasteiger partial charge in [-0.25, -0.2) is 0 Å². The Hall–Kier alpha value is -0.600. The first-order chi connectivity index (χ1) is 7.58. The SMILES string of the molecule is CC(O)CCC1=CCC=C(CCC(C)O)C1. The fourth-order valence-corrected chi connectivity index (χ4v) is 2.00. The highest BCUT2D eigenvalue weighted by Gasteiger charge is 2.09. The molecule has 0 radical (unpaired) electrons. The van der Waals surface area contributed by atoms with Crippen LogP contribution < -0.4 is 0 Å². The summed E-state index contributed by atoms with van der Waals surface area (Å²) in [5.74, 6) is 0. The van der Waals surface area contributed by atoms with Gasteiger partial charge in [-0.15, -0.1) is 0 Å². The third-order valence-electron chi connectivity index (χ3n) is 3.03. The molecule has 2 atom stereocenters. The molecule has 0 aliphatic heterocycles. The molecule has 0 aromatic heterocycles. The maximum Gasteiger partial charge on any atom is 0.0515 e. The van der Waals surface area contributed by atoms with Crippen LogP contribution in [0.5, 0.6) is 0 Å². The predicted molar refractivity (Wildman–Crippen MR) is 67.2 cm³/mol. The molecular formula is C14H24O2. The van der Waals surface area contributed by atoms with E-state index >= 15 is 0 Å². The molecule has 16 heavy (non-hydrogen) atoms. The summed E-state index contributed by atoms with van der Waals surface area (Å²) in [6.45, 7) is 3.68. The molecule has 0 amide bonds. The van der Waals surface area contributed by atoms with Crippen molar-refractivity contribution in [1.29, 1.82) is 0 Å². The highest BCUT2D eigenvalue weighted by atomic mass is 16.3. The molecule has 0 bridgehead atoms. The minimum Gasteiger partial charge on any atom is -0.393 e. The van der Waals surface area contributed by atoms with Gasteiger partial charge in [-0.1, -0.05) is 23.3 Å². The smallest absolute Gasteiger partial charge is 0.0515 e. The Balaban J connectivity index is 2.29. The third kappa shape index (κ3) is 5.47.